The SMILES string of the molecule is CC(=O)N(CCN)C(=O)C(=O)NC12CC3CC(CC(C3)C1)C2. The maximum atomic E-state index is 12.4. The highest BCUT2D eigenvalue weighted by Crippen LogP contribution is 2.55. The minimum absolute atomic E-state index is 0.0858. The van der Waals surface area contributed by atoms with E-state index in [9.17, 15) is 14.4 Å². The van der Waals surface area contributed by atoms with Gasteiger partial charge < -0.3 is 11.1 Å². The van der Waals surface area contributed by atoms with Crippen LogP contribution >= 0.6 is 0 Å². The maximum absolute atomic E-state index is 12.4. The second-order valence-corrected chi connectivity index (χ2v) is 7.42. The van der Waals surface area contributed by atoms with Crippen LogP contribution in [0.2, 0.25) is 0 Å². The van der Waals surface area contributed by atoms with Gasteiger partial charge in [0.1, 0.15) is 0 Å². The van der Waals surface area contributed by atoms with Crippen molar-refractivity contribution in [3.05, 3.63) is 0 Å². The second kappa shape index (κ2) is 5.65. The van der Waals surface area contributed by atoms with Crippen LogP contribution in [0.15, 0.2) is 0 Å². The quantitative estimate of drug-likeness (QED) is 0.738. The van der Waals surface area contributed by atoms with Crippen LogP contribution in [0.1, 0.15) is 45.4 Å². The van der Waals surface area contributed by atoms with E-state index in [1.54, 1.807) is 0 Å². The summed E-state index contributed by atoms with van der Waals surface area (Å²) in [5, 5.41) is 2.99. The minimum atomic E-state index is -0.770. The topological polar surface area (TPSA) is 92.5 Å². The standard InChI is InChI=1S/C16H25N3O3/c1-10(20)19(3-2-17)15(22)14(21)18-16-7-11-4-12(8-16)6-13(5-11)9-16/h11-13H,2-9,17H2,1H3,(H,18,21). The number of amides is 3. The summed E-state index contributed by atoms with van der Waals surface area (Å²) in [7, 11) is 0. The Kier molecular flexibility index (Phi) is 3.97. The van der Waals surface area contributed by atoms with Crippen LogP contribution in [-0.4, -0.2) is 41.2 Å². The van der Waals surface area contributed by atoms with Crippen LogP contribution in [0, 0.1) is 17.8 Å². The predicted octanol–water partition coefficient (Wildman–Crippen LogP) is 0.405. The van der Waals surface area contributed by atoms with E-state index in [4.69, 9.17) is 5.73 Å². The molecule has 4 fully saturated rings. The Labute approximate surface area is 130 Å². The van der Waals surface area contributed by atoms with Gasteiger partial charge in [-0.3, -0.25) is 19.3 Å². The summed E-state index contributed by atoms with van der Waals surface area (Å²) in [4.78, 5) is 37.0. The third kappa shape index (κ3) is 2.76. The number of carbonyl (C=O) groups excluding carboxylic acids is 3. The zero-order valence-corrected chi connectivity index (χ0v) is 13.1. The van der Waals surface area contributed by atoms with Crippen molar-refractivity contribution in [1.29, 1.82) is 0 Å². The molecule has 0 aliphatic heterocycles. The van der Waals surface area contributed by atoms with Crippen molar-refractivity contribution in [2.45, 2.75) is 51.0 Å². The molecule has 0 heterocycles. The number of hydrogen-bond acceptors (Lipinski definition) is 4. The van der Waals surface area contributed by atoms with Crippen LogP contribution < -0.4 is 11.1 Å². The first-order valence-corrected chi connectivity index (χ1v) is 8.27. The van der Waals surface area contributed by atoms with Gasteiger partial charge in [0.15, 0.2) is 0 Å². The summed E-state index contributed by atoms with van der Waals surface area (Å²) in [5.41, 5.74) is 5.20. The Morgan fingerprint density at radius 2 is 1.59 bits per heavy atom. The van der Waals surface area contributed by atoms with Gasteiger partial charge in [-0.15, -0.1) is 0 Å². The Balaban J connectivity index is 1.68. The number of nitrogens with one attached hydrogen (secondary N) is 1. The zero-order chi connectivity index (χ0) is 15.9. The van der Waals surface area contributed by atoms with Gasteiger partial charge in [0.05, 0.1) is 0 Å². The lowest BCUT2D eigenvalue weighted by Gasteiger charge is -2.56. The van der Waals surface area contributed by atoms with Gasteiger partial charge in [-0.25, -0.2) is 0 Å². The Morgan fingerprint density at radius 3 is 2.00 bits per heavy atom. The molecule has 4 rings (SSSR count). The van der Waals surface area contributed by atoms with Crippen LogP contribution in [0.4, 0.5) is 0 Å². The Morgan fingerprint density at radius 1 is 1.09 bits per heavy atom. The molecule has 0 spiro atoms. The number of hydrogen-bond donors (Lipinski definition) is 2. The van der Waals surface area contributed by atoms with Crippen LogP contribution in [0.3, 0.4) is 0 Å². The molecule has 4 aliphatic carbocycles. The van der Waals surface area contributed by atoms with Crippen LogP contribution in [-0.2, 0) is 14.4 Å². The molecule has 4 bridgehead atoms. The van der Waals surface area contributed by atoms with Gasteiger partial charge in [-0.05, 0) is 56.3 Å². The number of imide groups is 1. The van der Waals surface area contributed by atoms with Crippen molar-refractivity contribution >= 4 is 17.7 Å². The molecule has 0 saturated heterocycles. The molecule has 22 heavy (non-hydrogen) atoms. The summed E-state index contributed by atoms with van der Waals surface area (Å²) < 4.78 is 0. The van der Waals surface area contributed by atoms with E-state index in [0.717, 1.165) is 24.2 Å². The second-order valence-electron chi connectivity index (χ2n) is 7.42. The van der Waals surface area contributed by atoms with Crippen molar-refractivity contribution in [2.24, 2.45) is 23.5 Å². The molecule has 4 saturated carbocycles. The number of nitrogens with two attached hydrogens (primary N) is 1. The fourth-order valence-electron chi connectivity index (χ4n) is 5.21. The first kappa shape index (κ1) is 15.5. The summed E-state index contributed by atoms with van der Waals surface area (Å²) >= 11 is 0. The fourth-order valence-corrected chi connectivity index (χ4v) is 5.21. The number of rotatable bonds is 3. The summed E-state index contributed by atoms with van der Waals surface area (Å²) in [6.07, 6.45) is 6.76. The molecule has 0 aromatic heterocycles. The maximum Gasteiger partial charge on any atom is 0.318 e. The molecule has 3 amide bonds. The molecule has 0 unspecified atom stereocenters. The zero-order valence-electron chi connectivity index (χ0n) is 13.1. The highest BCUT2D eigenvalue weighted by molar-refractivity contribution is 6.37. The van der Waals surface area contributed by atoms with Gasteiger partial charge in [-0.2, -0.15) is 0 Å². The lowest BCUT2D eigenvalue weighted by molar-refractivity contribution is -0.153. The van der Waals surface area contributed by atoms with Crippen molar-refractivity contribution in [3.8, 4) is 0 Å². The van der Waals surface area contributed by atoms with Crippen LogP contribution in [0.25, 0.3) is 0 Å². The average molecular weight is 307 g/mol. The molecule has 4 aliphatic rings. The lowest BCUT2D eigenvalue weighted by Crippen LogP contribution is -2.62. The average Bonchev–Trinajstić information content (AvgIpc) is 2.41. The number of carbonyl (C=O) groups is 3. The lowest BCUT2D eigenvalue weighted by atomic mass is 9.53. The molecular formula is C16H25N3O3. The first-order chi connectivity index (χ1) is 10.4. The Hall–Kier alpha value is -1.43. The highest BCUT2D eigenvalue weighted by Gasteiger charge is 2.52. The van der Waals surface area contributed by atoms with E-state index in [2.05, 4.69) is 5.32 Å². The molecule has 6 nitrogen and oxygen atoms in total. The molecule has 6 heteroatoms. The van der Waals surface area contributed by atoms with Crippen LogP contribution in [0.5, 0.6) is 0 Å². The van der Waals surface area contributed by atoms with Gasteiger partial charge >= 0.3 is 11.8 Å². The molecule has 0 aromatic rings. The van der Waals surface area contributed by atoms with Crippen molar-refractivity contribution in [3.63, 3.8) is 0 Å². The van der Waals surface area contributed by atoms with E-state index >= 15 is 0 Å². The normalized spacial score (nSPS) is 35.3. The number of nitrogens with zero attached hydrogens (tertiary/aromatic N) is 1. The molecule has 3 N–H and O–H groups in total. The van der Waals surface area contributed by atoms with Crippen molar-refractivity contribution in [1.82, 2.24) is 10.2 Å². The van der Waals surface area contributed by atoms with Gasteiger partial charge in [0.25, 0.3) is 0 Å². The summed E-state index contributed by atoms with van der Waals surface area (Å²) in [6.45, 7) is 1.53. The predicted molar refractivity (Wildman–Crippen MR) is 80.5 cm³/mol. The van der Waals surface area contributed by atoms with E-state index in [1.165, 1.54) is 26.2 Å². The fraction of sp³-hybridized carbons (Fsp3) is 0.812. The van der Waals surface area contributed by atoms with Crippen molar-refractivity contribution in [2.75, 3.05) is 13.1 Å². The van der Waals surface area contributed by atoms with Gasteiger partial charge in [-0.1, -0.05) is 0 Å². The Bertz CT molecular complexity index is 468. The smallest absolute Gasteiger partial charge is 0.318 e. The monoisotopic (exact) mass is 307 g/mol. The summed E-state index contributed by atoms with van der Waals surface area (Å²) in [6, 6.07) is 0. The third-order valence-electron chi connectivity index (χ3n) is 5.59. The third-order valence-corrected chi connectivity index (χ3v) is 5.59. The minimum Gasteiger partial charge on any atom is -0.342 e. The molecule has 0 atom stereocenters. The van der Waals surface area contributed by atoms with E-state index in [1.807, 2.05) is 0 Å². The highest BCUT2D eigenvalue weighted by atomic mass is 16.2. The molecule has 0 radical (unpaired) electrons. The van der Waals surface area contributed by atoms with Crippen molar-refractivity contribution < 1.29 is 14.4 Å². The van der Waals surface area contributed by atoms with E-state index in [0.29, 0.717) is 17.8 Å². The first-order valence-electron chi connectivity index (χ1n) is 8.27. The molecule has 122 valence electrons. The largest absolute Gasteiger partial charge is 0.342 e. The molecular weight excluding hydrogens is 282 g/mol. The van der Waals surface area contributed by atoms with Gasteiger partial charge in [0, 0.05) is 25.6 Å². The van der Waals surface area contributed by atoms with E-state index in [-0.39, 0.29) is 18.6 Å². The van der Waals surface area contributed by atoms with E-state index < -0.39 is 17.7 Å². The molecule has 0 aromatic carbocycles. The summed E-state index contributed by atoms with van der Waals surface area (Å²) in [5.74, 6) is 0.217. The van der Waals surface area contributed by atoms with Gasteiger partial charge in [0.2, 0.25) is 5.91 Å².